The Hall–Kier alpha value is -4.46. The molecule has 0 spiro atoms. The van der Waals surface area contributed by atoms with Gasteiger partial charge in [-0.25, -0.2) is 0 Å². The van der Waals surface area contributed by atoms with E-state index in [4.69, 9.17) is 8.83 Å². The Labute approximate surface area is 170 Å². The van der Waals surface area contributed by atoms with Gasteiger partial charge in [-0.3, -0.25) is 0 Å². The molecule has 0 saturated carbocycles. The third-order valence-corrected chi connectivity index (χ3v) is 4.43. The molecule has 8 heteroatoms. The van der Waals surface area contributed by atoms with Crippen LogP contribution in [-0.2, 0) is 0 Å². The van der Waals surface area contributed by atoms with Crippen LogP contribution in [0.1, 0.15) is 0 Å². The fourth-order valence-electron chi connectivity index (χ4n) is 2.91. The molecule has 0 atom stereocenters. The van der Waals surface area contributed by atoms with Crippen molar-refractivity contribution in [1.29, 1.82) is 0 Å². The van der Waals surface area contributed by atoms with Crippen molar-refractivity contribution >= 4 is 0 Å². The van der Waals surface area contributed by atoms with Gasteiger partial charge in [0.25, 0.3) is 0 Å². The minimum Gasteiger partial charge on any atom is -0.508 e. The third-order valence-electron chi connectivity index (χ3n) is 4.43. The summed E-state index contributed by atoms with van der Waals surface area (Å²) in [4.78, 5) is 0. The Bertz CT molecular complexity index is 1210. The summed E-state index contributed by atoms with van der Waals surface area (Å²) in [7, 11) is 0. The summed E-state index contributed by atoms with van der Waals surface area (Å²) in [5.74, 6) is 1.72. The highest BCUT2D eigenvalue weighted by Crippen LogP contribution is 2.29. The van der Waals surface area contributed by atoms with Crippen molar-refractivity contribution in [2.75, 3.05) is 0 Å². The fourth-order valence-corrected chi connectivity index (χ4v) is 2.91. The Morgan fingerprint density at radius 1 is 0.467 bits per heavy atom. The van der Waals surface area contributed by atoms with Crippen molar-refractivity contribution in [2.24, 2.45) is 0 Å². The van der Waals surface area contributed by atoms with Gasteiger partial charge in [-0.1, -0.05) is 6.07 Å². The molecule has 0 aliphatic rings. The lowest BCUT2D eigenvalue weighted by molar-refractivity contribution is 0.474. The van der Waals surface area contributed by atoms with Crippen molar-refractivity contribution in [2.45, 2.75) is 0 Å². The number of aromatic hydroxyl groups is 2. The van der Waals surface area contributed by atoms with Crippen LogP contribution < -0.4 is 0 Å². The molecular formula is C22H14N4O4. The zero-order valence-electron chi connectivity index (χ0n) is 15.4. The van der Waals surface area contributed by atoms with Gasteiger partial charge in [-0.05, 0) is 66.7 Å². The van der Waals surface area contributed by atoms with Crippen LogP contribution in [0.25, 0.3) is 45.8 Å². The first-order valence-corrected chi connectivity index (χ1v) is 9.02. The number of hydrogen-bond donors (Lipinski definition) is 2. The van der Waals surface area contributed by atoms with E-state index >= 15 is 0 Å². The number of hydrogen-bond acceptors (Lipinski definition) is 8. The Kier molecular flexibility index (Phi) is 4.21. The Balaban J connectivity index is 1.44. The number of phenols is 2. The van der Waals surface area contributed by atoms with Gasteiger partial charge in [0.15, 0.2) is 0 Å². The number of nitrogens with zero attached hydrogens (tertiary/aromatic N) is 4. The molecule has 5 aromatic rings. The number of phenolic OH excluding ortho intramolecular Hbond substituents is 2. The molecular weight excluding hydrogens is 384 g/mol. The maximum atomic E-state index is 9.41. The summed E-state index contributed by atoms with van der Waals surface area (Å²) in [6.07, 6.45) is 0. The van der Waals surface area contributed by atoms with E-state index in [0.29, 0.717) is 45.8 Å². The topological polar surface area (TPSA) is 118 Å². The highest BCUT2D eigenvalue weighted by atomic mass is 16.4. The lowest BCUT2D eigenvalue weighted by Gasteiger charge is -1.99. The van der Waals surface area contributed by atoms with E-state index in [-0.39, 0.29) is 11.5 Å². The molecule has 0 aliphatic heterocycles. The van der Waals surface area contributed by atoms with Crippen LogP contribution in [0.15, 0.2) is 81.6 Å². The van der Waals surface area contributed by atoms with E-state index < -0.39 is 0 Å². The predicted molar refractivity (Wildman–Crippen MR) is 107 cm³/mol. The number of rotatable bonds is 4. The van der Waals surface area contributed by atoms with Gasteiger partial charge in [0.1, 0.15) is 11.5 Å². The van der Waals surface area contributed by atoms with E-state index in [1.54, 1.807) is 48.5 Å². The number of aromatic nitrogens is 4. The third kappa shape index (κ3) is 3.37. The molecule has 2 aromatic heterocycles. The van der Waals surface area contributed by atoms with Crippen molar-refractivity contribution < 1.29 is 19.0 Å². The summed E-state index contributed by atoms with van der Waals surface area (Å²) in [6.45, 7) is 0. The van der Waals surface area contributed by atoms with Crippen molar-refractivity contribution in [1.82, 2.24) is 20.4 Å². The number of benzene rings is 3. The van der Waals surface area contributed by atoms with Crippen molar-refractivity contribution in [3.8, 4) is 57.3 Å². The zero-order valence-corrected chi connectivity index (χ0v) is 15.4. The van der Waals surface area contributed by atoms with Gasteiger partial charge < -0.3 is 19.0 Å². The first kappa shape index (κ1) is 17.6. The van der Waals surface area contributed by atoms with E-state index in [2.05, 4.69) is 20.4 Å². The van der Waals surface area contributed by atoms with Crippen LogP contribution in [0, 0.1) is 0 Å². The molecule has 0 bridgehead atoms. The molecule has 30 heavy (non-hydrogen) atoms. The largest absolute Gasteiger partial charge is 0.508 e. The quantitative estimate of drug-likeness (QED) is 0.453. The van der Waals surface area contributed by atoms with E-state index in [0.717, 1.165) is 0 Å². The van der Waals surface area contributed by atoms with Gasteiger partial charge >= 0.3 is 0 Å². The van der Waals surface area contributed by atoms with Gasteiger partial charge in [0, 0.05) is 22.3 Å². The van der Waals surface area contributed by atoms with Crippen LogP contribution in [0.2, 0.25) is 0 Å². The molecule has 0 radical (unpaired) electrons. The normalized spacial score (nSPS) is 10.9. The average Bonchev–Trinajstić information content (AvgIpc) is 3.45. The minimum atomic E-state index is 0.164. The standard InChI is InChI=1S/C22H14N4O4/c27-17-8-4-13(5-9-17)19-23-25-21(29-19)15-2-1-3-16(12-15)22-26-24-20(30-22)14-6-10-18(28)11-7-14/h1-12,27-28H. The Morgan fingerprint density at radius 2 is 0.833 bits per heavy atom. The summed E-state index contributed by atoms with van der Waals surface area (Å²) in [6, 6.07) is 20.4. The van der Waals surface area contributed by atoms with Crippen LogP contribution in [0.4, 0.5) is 0 Å². The molecule has 0 amide bonds. The molecule has 3 aromatic carbocycles. The van der Waals surface area contributed by atoms with Crippen molar-refractivity contribution in [3.63, 3.8) is 0 Å². The fraction of sp³-hybridized carbons (Fsp3) is 0. The first-order valence-electron chi connectivity index (χ1n) is 9.02. The first-order chi connectivity index (χ1) is 14.7. The summed E-state index contributed by atoms with van der Waals surface area (Å²) < 4.78 is 11.6. The van der Waals surface area contributed by atoms with Crippen LogP contribution in [-0.4, -0.2) is 30.6 Å². The lowest BCUT2D eigenvalue weighted by atomic mass is 10.1. The SMILES string of the molecule is Oc1ccc(-c2nnc(-c3cccc(-c4nnc(-c5ccc(O)cc5)o4)c3)o2)cc1. The smallest absolute Gasteiger partial charge is 0.248 e. The van der Waals surface area contributed by atoms with Crippen molar-refractivity contribution in [3.05, 3.63) is 72.8 Å². The highest BCUT2D eigenvalue weighted by Gasteiger charge is 2.14. The molecule has 0 aliphatic carbocycles. The molecule has 146 valence electrons. The summed E-state index contributed by atoms with van der Waals surface area (Å²) >= 11 is 0. The van der Waals surface area contributed by atoms with Crippen LogP contribution >= 0.6 is 0 Å². The molecule has 8 nitrogen and oxygen atoms in total. The maximum absolute atomic E-state index is 9.41. The molecule has 5 rings (SSSR count). The molecule has 2 heterocycles. The monoisotopic (exact) mass is 398 g/mol. The van der Waals surface area contributed by atoms with E-state index in [1.807, 2.05) is 24.3 Å². The average molecular weight is 398 g/mol. The predicted octanol–water partition coefficient (Wildman–Crippen LogP) is 4.53. The molecule has 0 saturated heterocycles. The van der Waals surface area contributed by atoms with Gasteiger partial charge in [0.2, 0.25) is 23.6 Å². The van der Waals surface area contributed by atoms with E-state index in [9.17, 15) is 10.2 Å². The second-order valence-electron chi connectivity index (χ2n) is 6.50. The molecule has 0 fully saturated rings. The van der Waals surface area contributed by atoms with Crippen LogP contribution in [0.5, 0.6) is 11.5 Å². The molecule has 2 N–H and O–H groups in total. The van der Waals surface area contributed by atoms with E-state index in [1.165, 1.54) is 0 Å². The van der Waals surface area contributed by atoms with Crippen LogP contribution in [0.3, 0.4) is 0 Å². The summed E-state index contributed by atoms with van der Waals surface area (Å²) in [5.41, 5.74) is 2.82. The second kappa shape index (κ2) is 7.17. The highest BCUT2D eigenvalue weighted by molar-refractivity contribution is 5.66. The van der Waals surface area contributed by atoms with Gasteiger partial charge in [-0.2, -0.15) is 0 Å². The zero-order chi connectivity index (χ0) is 20.5. The lowest BCUT2D eigenvalue weighted by Crippen LogP contribution is -1.82. The van der Waals surface area contributed by atoms with Gasteiger partial charge in [0.05, 0.1) is 0 Å². The molecule has 0 unspecified atom stereocenters. The Morgan fingerprint density at radius 3 is 1.23 bits per heavy atom. The van der Waals surface area contributed by atoms with Gasteiger partial charge in [-0.15, -0.1) is 20.4 Å². The second-order valence-corrected chi connectivity index (χ2v) is 6.50. The maximum Gasteiger partial charge on any atom is 0.248 e. The minimum absolute atomic E-state index is 0.164. The summed E-state index contributed by atoms with van der Waals surface area (Å²) in [5, 5.41) is 35.2.